The first-order valence-corrected chi connectivity index (χ1v) is 4.73. The maximum absolute atomic E-state index is 5.58. The zero-order chi connectivity index (χ0) is 10.4. The lowest BCUT2D eigenvalue weighted by molar-refractivity contribution is 0.251. The summed E-state index contributed by atoms with van der Waals surface area (Å²) >= 11 is 0. The maximum Gasteiger partial charge on any atom is 0.161 e. The Morgan fingerprint density at radius 3 is 2.50 bits per heavy atom. The topological polar surface area (TPSA) is 44.5 Å². The number of nitrogens with two attached hydrogens (primary N) is 1. The molecule has 3 heteroatoms. The molecule has 0 aliphatic rings. The Hall–Kier alpha value is -1.22. The Bertz CT molecular complexity index is 276. The predicted octanol–water partition coefficient (Wildman–Crippen LogP) is 1.67. The van der Waals surface area contributed by atoms with Crippen molar-refractivity contribution < 1.29 is 9.47 Å². The lowest BCUT2D eigenvalue weighted by Gasteiger charge is -2.13. The van der Waals surface area contributed by atoms with E-state index in [4.69, 9.17) is 15.2 Å². The Labute approximate surface area is 84.8 Å². The van der Waals surface area contributed by atoms with Gasteiger partial charge in [0.25, 0.3) is 0 Å². The van der Waals surface area contributed by atoms with Gasteiger partial charge in [0.2, 0.25) is 0 Å². The zero-order valence-electron chi connectivity index (χ0n) is 8.69. The Kier molecular flexibility index (Phi) is 4.26. The molecule has 78 valence electrons. The van der Waals surface area contributed by atoms with E-state index in [1.807, 2.05) is 24.3 Å². The van der Waals surface area contributed by atoms with Crippen molar-refractivity contribution in [2.75, 3.05) is 20.3 Å². The summed E-state index contributed by atoms with van der Waals surface area (Å²) in [6, 6.07) is 7.60. The average molecular weight is 195 g/mol. The molecule has 0 amide bonds. The molecule has 1 aromatic carbocycles. The van der Waals surface area contributed by atoms with E-state index in [1.54, 1.807) is 7.11 Å². The Morgan fingerprint density at radius 1 is 1.29 bits per heavy atom. The van der Waals surface area contributed by atoms with Gasteiger partial charge in [-0.15, -0.1) is 0 Å². The van der Waals surface area contributed by atoms with E-state index in [9.17, 15) is 0 Å². The van der Waals surface area contributed by atoms with E-state index >= 15 is 0 Å². The summed E-state index contributed by atoms with van der Waals surface area (Å²) in [4.78, 5) is 0. The monoisotopic (exact) mass is 195 g/mol. The molecule has 1 aromatic rings. The quantitative estimate of drug-likeness (QED) is 0.777. The van der Waals surface area contributed by atoms with Crippen LogP contribution < -0.4 is 15.2 Å². The molecule has 0 spiro atoms. The van der Waals surface area contributed by atoms with Crippen LogP contribution in [-0.4, -0.2) is 20.3 Å². The van der Waals surface area contributed by atoms with E-state index in [0.717, 1.165) is 11.5 Å². The molecule has 0 heterocycles. The lowest BCUT2D eigenvalue weighted by atomic mass is 10.2. The smallest absolute Gasteiger partial charge is 0.161 e. The van der Waals surface area contributed by atoms with Crippen LogP contribution in [0.5, 0.6) is 11.5 Å². The summed E-state index contributed by atoms with van der Waals surface area (Å²) in [5, 5.41) is 0. The van der Waals surface area contributed by atoms with Gasteiger partial charge < -0.3 is 15.2 Å². The first-order valence-electron chi connectivity index (χ1n) is 4.73. The molecule has 0 aromatic heterocycles. The summed E-state index contributed by atoms with van der Waals surface area (Å²) in [6.07, 6.45) is 0. The first kappa shape index (κ1) is 10.9. The van der Waals surface area contributed by atoms with Crippen LogP contribution in [0.2, 0.25) is 0 Å². The highest BCUT2D eigenvalue weighted by atomic mass is 16.5. The minimum atomic E-state index is 0.361. The number of rotatable bonds is 5. The van der Waals surface area contributed by atoms with Gasteiger partial charge in [-0.05, 0) is 18.7 Å². The van der Waals surface area contributed by atoms with Crippen molar-refractivity contribution in [3.05, 3.63) is 24.3 Å². The summed E-state index contributed by atoms with van der Waals surface area (Å²) in [7, 11) is 1.63. The second-order valence-corrected chi connectivity index (χ2v) is 3.30. The fourth-order valence-corrected chi connectivity index (χ4v) is 1.04. The largest absolute Gasteiger partial charge is 0.493 e. The third-order valence-electron chi connectivity index (χ3n) is 1.99. The molecule has 1 atom stereocenters. The molecule has 0 radical (unpaired) electrons. The second-order valence-electron chi connectivity index (χ2n) is 3.30. The van der Waals surface area contributed by atoms with Gasteiger partial charge in [0.15, 0.2) is 11.5 Å². The van der Waals surface area contributed by atoms with Crippen LogP contribution in [0.4, 0.5) is 0 Å². The standard InChI is InChI=1S/C11H17NO2/c1-9(7-12)8-14-11-6-4-3-5-10(11)13-2/h3-6,9H,7-8,12H2,1-2H3/t9-/m1/s1. The minimum Gasteiger partial charge on any atom is -0.493 e. The molecular formula is C11H17NO2. The van der Waals surface area contributed by atoms with Gasteiger partial charge in [0.05, 0.1) is 13.7 Å². The number of hydrogen-bond donors (Lipinski definition) is 1. The molecule has 2 N–H and O–H groups in total. The van der Waals surface area contributed by atoms with Crippen molar-refractivity contribution >= 4 is 0 Å². The third kappa shape index (κ3) is 2.92. The summed E-state index contributed by atoms with van der Waals surface area (Å²) in [5.41, 5.74) is 5.50. The number of para-hydroxylation sites is 2. The number of benzene rings is 1. The fourth-order valence-electron chi connectivity index (χ4n) is 1.04. The molecule has 0 saturated carbocycles. The Morgan fingerprint density at radius 2 is 1.93 bits per heavy atom. The second kappa shape index (κ2) is 5.50. The van der Waals surface area contributed by atoms with Crippen LogP contribution in [0.3, 0.4) is 0 Å². The predicted molar refractivity (Wildman–Crippen MR) is 56.7 cm³/mol. The molecule has 3 nitrogen and oxygen atoms in total. The van der Waals surface area contributed by atoms with Crippen LogP contribution in [-0.2, 0) is 0 Å². The van der Waals surface area contributed by atoms with E-state index in [-0.39, 0.29) is 0 Å². The zero-order valence-corrected chi connectivity index (χ0v) is 8.69. The average Bonchev–Trinajstić information content (AvgIpc) is 2.26. The highest BCUT2D eigenvalue weighted by Crippen LogP contribution is 2.25. The van der Waals surface area contributed by atoms with Gasteiger partial charge in [-0.2, -0.15) is 0 Å². The SMILES string of the molecule is COc1ccccc1OC[C@H](C)CN. The van der Waals surface area contributed by atoms with Crippen LogP contribution in [0.15, 0.2) is 24.3 Å². The van der Waals surface area contributed by atoms with Crippen molar-refractivity contribution in [3.8, 4) is 11.5 Å². The van der Waals surface area contributed by atoms with E-state index in [0.29, 0.717) is 19.1 Å². The molecule has 0 aliphatic heterocycles. The molecule has 1 rings (SSSR count). The van der Waals surface area contributed by atoms with Gasteiger partial charge in [-0.3, -0.25) is 0 Å². The molecule has 0 aliphatic carbocycles. The summed E-state index contributed by atoms with van der Waals surface area (Å²) < 4.78 is 10.7. The highest BCUT2D eigenvalue weighted by Gasteiger charge is 2.04. The summed E-state index contributed by atoms with van der Waals surface area (Å²) in [6.45, 7) is 3.31. The fraction of sp³-hybridized carbons (Fsp3) is 0.455. The summed E-state index contributed by atoms with van der Waals surface area (Å²) in [5.74, 6) is 1.90. The van der Waals surface area contributed by atoms with E-state index < -0.39 is 0 Å². The van der Waals surface area contributed by atoms with Gasteiger partial charge >= 0.3 is 0 Å². The van der Waals surface area contributed by atoms with E-state index in [2.05, 4.69) is 6.92 Å². The van der Waals surface area contributed by atoms with Crippen LogP contribution in [0, 0.1) is 5.92 Å². The van der Waals surface area contributed by atoms with Gasteiger partial charge in [-0.1, -0.05) is 19.1 Å². The molecular weight excluding hydrogens is 178 g/mol. The van der Waals surface area contributed by atoms with Crippen molar-refractivity contribution in [1.29, 1.82) is 0 Å². The van der Waals surface area contributed by atoms with Crippen LogP contribution in [0.25, 0.3) is 0 Å². The molecule has 0 saturated heterocycles. The lowest BCUT2D eigenvalue weighted by Crippen LogP contribution is -2.18. The molecule has 0 fully saturated rings. The van der Waals surface area contributed by atoms with E-state index in [1.165, 1.54) is 0 Å². The molecule has 0 bridgehead atoms. The number of methoxy groups -OCH3 is 1. The van der Waals surface area contributed by atoms with Crippen molar-refractivity contribution in [2.24, 2.45) is 11.7 Å². The first-order chi connectivity index (χ1) is 6.77. The van der Waals surface area contributed by atoms with Crippen LogP contribution in [0.1, 0.15) is 6.92 Å². The van der Waals surface area contributed by atoms with Gasteiger partial charge in [0.1, 0.15) is 0 Å². The van der Waals surface area contributed by atoms with Gasteiger partial charge in [-0.25, -0.2) is 0 Å². The van der Waals surface area contributed by atoms with Gasteiger partial charge in [0, 0.05) is 5.92 Å². The maximum atomic E-state index is 5.58. The van der Waals surface area contributed by atoms with Crippen LogP contribution >= 0.6 is 0 Å². The van der Waals surface area contributed by atoms with Crippen molar-refractivity contribution in [1.82, 2.24) is 0 Å². The van der Waals surface area contributed by atoms with Crippen molar-refractivity contribution in [2.45, 2.75) is 6.92 Å². The number of hydrogen-bond acceptors (Lipinski definition) is 3. The number of ether oxygens (including phenoxy) is 2. The third-order valence-corrected chi connectivity index (χ3v) is 1.99. The Balaban J connectivity index is 2.57. The molecule has 0 unspecified atom stereocenters. The molecule has 14 heavy (non-hydrogen) atoms. The highest BCUT2D eigenvalue weighted by molar-refractivity contribution is 5.39. The normalized spacial score (nSPS) is 12.2. The van der Waals surface area contributed by atoms with Crippen molar-refractivity contribution in [3.63, 3.8) is 0 Å². The minimum absolute atomic E-state index is 0.361.